The van der Waals surface area contributed by atoms with Crippen LogP contribution in [0.5, 0.6) is 0 Å². The van der Waals surface area contributed by atoms with Crippen LogP contribution in [0.4, 0.5) is 4.79 Å². The second-order valence-electron chi connectivity index (χ2n) is 11.1. The molecule has 4 atom stereocenters. The van der Waals surface area contributed by atoms with Crippen molar-refractivity contribution in [3.63, 3.8) is 0 Å². The third kappa shape index (κ3) is 9.66. The van der Waals surface area contributed by atoms with Gasteiger partial charge in [0.15, 0.2) is 0 Å². The Kier molecular flexibility index (Phi) is 12.6. The largest absolute Gasteiger partial charge is 0.440 e. The highest BCUT2D eigenvalue weighted by molar-refractivity contribution is 6.30. The van der Waals surface area contributed by atoms with Crippen LogP contribution in [0.15, 0.2) is 60.7 Å². The Bertz CT molecular complexity index is 1130. The number of amides is 3. The van der Waals surface area contributed by atoms with E-state index in [4.69, 9.17) is 16.3 Å². The predicted molar refractivity (Wildman–Crippen MR) is 158 cm³/mol. The van der Waals surface area contributed by atoms with E-state index in [0.29, 0.717) is 36.3 Å². The number of allylic oxidation sites excluding steroid dienone is 3. The Labute approximate surface area is 242 Å². The summed E-state index contributed by atoms with van der Waals surface area (Å²) in [7, 11) is 0. The Morgan fingerprint density at radius 2 is 1.98 bits per heavy atom. The van der Waals surface area contributed by atoms with E-state index in [-0.39, 0.29) is 24.2 Å². The maximum absolute atomic E-state index is 13.3. The summed E-state index contributed by atoms with van der Waals surface area (Å²) in [5.41, 5.74) is 0.679. The first kappa shape index (κ1) is 32.8. The molecule has 1 fully saturated rings. The Hall–Kier alpha value is -3.39. The molecule has 1 aromatic rings. The summed E-state index contributed by atoms with van der Waals surface area (Å²) in [6.07, 6.45) is 7.47. The van der Waals surface area contributed by atoms with Crippen molar-refractivity contribution in [2.45, 2.75) is 77.5 Å². The van der Waals surface area contributed by atoms with E-state index < -0.39 is 35.6 Å². The van der Waals surface area contributed by atoms with Gasteiger partial charge in [0, 0.05) is 22.9 Å². The highest BCUT2D eigenvalue weighted by Crippen LogP contribution is 2.34. The van der Waals surface area contributed by atoms with Gasteiger partial charge < -0.3 is 25.5 Å². The molecule has 2 rings (SSSR count). The maximum Gasteiger partial charge on any atom is 0.408 e. The molecule has 1 aliphatic heterocycles. The minimum Gasteiger partial charge on any atom is -0.440 e. The summed E-state index contributed by atoms with van der Waals surface area (Å²) < 4.78 is 5.95. The standard InChI is InChI=1S/C31H42ClN3O5/c1-7-8-9-11-21(4)27(31(5,6)23-12-10-13-24(32)18-23)40-30(39)35-26(16-20(2)3)29(38)34-25(19-36)17-22-14-15-33-28(22)37/h7-13,18-20,22,25-27H,4,14-17H2,1-3,5-6H3,(H,33,37)(H,34,38)(H,35,39)/b8-7-,11-9-/t22-,25-,26-,27-/m0/s1. The highest BCUT2D eigenvalue weighted by Gasteiger charge is 2.37. The zero-order chi connectivity index (χ0) is 29.9. The third-order valence-electron chi connectivity index (χ3n) is 6.91. The monoisotopic (exact) mass is 571 g/mol. The van der Waals surface area contributed by atoms with Gasteiger partial charge in [-0.05, 0) is 55.4 Å². The molecule has 0 saturated carbocycles. The topological polar surface area (TPSA) is 114 Å². The van der Waals surface area contributed by atoms with E-state index in [9.17, 15) is 19.2 Å². The zero-order valence-electron chi connectivity index (χ0n) is 24.0. The van der Waals surface area contributed by atoms with Crippen LogP contribution in [0.2, 0.25) is 5.02 Å². The van der Waals surface area contributed by atoms with Gasteiger partial charge >= 0.3 is 6.09 Å². The second-order valence-corrected chi connectivity index (χ2v) is 11.5. The number of aldehydes is 1. The van der Waals surface area contributed by atoms with E-state index in [1.807, 2.05) is 71.0 Å². The summed E-state index contributed by atoms with van der Waals surface area (Å²) in [5.74, 6) is -0.922. The number of rotatable bonds is 14. The van der Waals surface area contributed by atoms with Gasteiger partial charge in [0.1, 0.15) is 18.4 Å². The maximum atomic E-state index is 13.3. The number of carbonyl (C=O) groups excluding carboxylic acids is 4. The second kappa shape index (κ2) is 15.4. The lowest BCUT2D eigenvalue weighted by Crippen LogP contribution is -2.52. The fraction of sp³-hybridized carbons (Fsp3) is 0.484. The molecule has 9 heteroatoms. The number of carbonyl (C=O) groups is 4. The van der Waals surface area contributed by atoms with Crippen LogP contribution in [0, 0.1) is 11.8 Å². The van der Waals surface area contributed by atoms with Crippen LogP contribution in [0.3, 0.4) is 0 Å². The first-order valence-corrected chi connectivity index (χ1v) is 14.0. The van der Waals surface area contributed by atoms with Crippen molar-refractivity contribution in [3.05, 3.63) is 71.3 Å². The van der Waals surface area contributed by atoms with Crippen molar-refractivity contribution >= 4 is 35.8 Å². The van der Waals surface area contributed by atoms with Crippen molar-refractivity contribution in [3.8, 4) is 0 Å². The molecule has 1 saturated heterocycles. The van der Waals surface area contributed by atoms with Gasteiger partial charge in [0.25, 0.3) is 0 Å². The Morgan fingerprint density at radius 1 is 1.25 bits per heavy atom. The molecule has 0 radical (unpaired) electrons. The molecule has 0 spiro atoms. The number of alkyl carbamates (subject to hydrolysis) is 1. The van der Waals surface area contributed by atoms with E-state index in [2.05, 4.69) is 22.5 Å². The predicted octanol–water partition coefficient (Wildman–Crippen LogP) is 5.03. The van der Waals surface area contributed by atoms with E-state index in [0.717, 1.165) is 5.56 Å². The average Bonchev–Trinajstić information content (AvgIpc) is 3.30. The molecular weight excluding hydrogens is 530 g/mol. The molecule has 0 bridgehead atoms. The third-order valence-corrected chi connectivity index (χ3v) is 7.14. The van der Waals surface area contributed by atoms with Crippen LogP contribution in [0.25, 0.3) is 0 Å². The first-order chi connectivity index (χ1) is 18.9. The summed E-state index contributed by atoms with van der Waals surface area (Å²) in [4.78, 5) is 50.1. The number of hydrogen-bond acceptors (Lipinski definition) is 5. The van der Waals surface area contributed by atoms with E-state index >= 15 is 0 Å². The molecule has 218 valence electrons. The SMILES string of the molecule is C=C(/C=C\C=C/C)[C@H](OC(=O)N[C@@H](CC(C)C)C(=O)N[C@H](C=O)C[C@@H]1CCNC1=O)C(C)(C)c1cccc(Cl)c1. The normalized spacial score (nSPS) is 17.9. The van der Waals surface area contributed by atoms with E-state index in [1.54, 1.807) is 12.1 Å². The van der Waals surface area contributed by atoms with E-state index in [1.165, 1.54) is 0 Å². The van der Waals surface area contributed by atoms with Crippen molar-refractivity contribution in [2.24, 2.45) is 11.8 Å². The smallest absolute Gasteiger partial charge is 0.408 e. The minimum atomic E-state index is -0.950. The molecule has 1 heterocycles. The van der Waals surface area contributed by atoms with Gasteiger partial charge in [-0.3, -0.25) is 9.59 Å². The van der Waals surface area contributed by atoms with Crippen LogP contribution in [-0.2, 0) is 24.5 Å². The van der Waals surface area contributed by atoms with Crippen LogP contribution in [-0.4, -0.2) is 48.9 Å². The number of ether oxygens (including phenoxy) is 1. The van der Waals surface area contributed by atoms with Crippen molar-refractivity contribution < 1.29 is 23.9 Å². The fourth-order valence-corrected chi connectivity index (χ4v) is 4.89. The quantitative estimate of drug-likeness (QED) is 0.214. The van der Waals surface area contributed by atoms with Gasteiger partial charge in [-0.1, -0.05) is 82.3 Å². The van der Waals surface area contributed by atoms with Crippen LogP contribution in [0.1, 0.15) is 59.4 Å². The van der Waals surface area contributed by atoms with Gasteiger partial charge in [0.05, 0.1) is 6.04 Å². The number of benzene rings is 1. The molecule has 1 aliphatic rings. The van der Waals surface area contributed by atoms with Gasteiger partial charge in [-0.15, -0.1) is 0 Å². The number of halogens is 1. The lowest BCUT2D eigenvalue weighted by Gasteiger charge is -2.35. The molecule has 0 unspecified atom stereocenters. The molecular formula is C31H42ClN3O5. The summed E-state index contributed by atoms with van der Waals surface area (Å²) in [6, 6.07) is 5.52. The Morgan fingerprint density at radius 3 is 2.55 bits per heavy atom. The van der Waals surface area contributed by atoms with Crippen molar-refractivity contribution in [1.82, 2.24) is 16.0 Å². The average molecular weight is 572 g/mol. The van der Waals surface area contributed by atoms with Gasteiger partial charge in [0.2, 0.25) is 11.8 Å². The molecule has 3 amide bonds. The molecule has 40 heavy (non-hydrogen) atoms. The fourth-order valence-electron chi connectivity index (χ4n) is 4.70. The molecule has 3 N–H and O–H groups in total. The lowest BCUT2D eigenvalue weighted by molar-refractivity contribution is -0.127. The summed E-state index contributed by atoms with van der Waals surface area (Å²) >= 11 is 6.25. The van der Waals surface area contributed by atoms with Crippen LogP contribution >= 0.6 is 11.6 Å². The Balaban J connectivity index is 2.23. The summed E-state index contributed by atoms with van der Waals surface area (Å²) in [5, 5.41) is 8.67. The molecule has 8 nitrogen and oxygen atoms in total. The molecule has 1 aromatic carbocycles. The first-order valence-electron chi connectivity index (χ1n) is 13.6. The molecule has 0 aliphatic carbocycles. The minimum absolute atomic E-state index is 0.0590. The molecule has 0 aromatic heterocycles. The van der Waals surface area contributed by atoms with Gasteiger partial charge in [-0.25, -0.2) is 4.79 Å². The lowest BCUT2D eigenvalue weighted by atomic mass is 9.76. The van der Waals surface area contributed by atoms with Gasteiger partial charge in [-0.2, -0.15) is 0 Å². The zero-order valence-corrected chi connectivity index (χ0v) is 24.8. The van der Waals surface area contributed by atoms with Crippen LogP contribution < -0.4 is 16.0 Å². The summed E-state index contributed by atoms with van der Waals surface area (Å²) in [6.45, 7) is 14.3. The van der Waals surface area contributed by atoms with Crippen molar-refractivity contribution in [1.29, 1.82) is 0 Å². The highest BCUT2D eigenvalue weighted by atomic mass is 35.5. The number of hydrogen-bond donors (Lipinski definition) is 3. The van der Waals surface area contributed by atoms with Crippen molar-refractivity contribution in [2.75, 3.05) is 6.54 Å². The number of nitrogens with one attached hydrogen (secondary N) is 3.